The van der Waals surface area contributed by atoms with E-state index in [0.717, 1.165) is 30.9 Å². The third-order valence-corrected chi connectivity index (χ3v) is 7.89. The largest absolute Gasteiger partial charge is 0.497 e. The normalized spacial score (nSPS) is 13.4. The molecule has 1 aliphatic rings. The summed E-state index contributed by atoms with van der Waals surface area (Å²) in [6, 6.07) is 20.2. The molecule has 42 heavy (non-hydrogen) atoms. The Balaban J connectivity index is 1.37. The number of unbranched alkanes of at least 4 members (excludes halogenated alkanes) is 1. The lowest BCUT2D eigenvalue weighted by atomic mass is 10.1. The number of carbonyl (C=O) groups excluding carboxylic acids is 2. The maximum absolute atomic E-state index is 15.0. The van der Waals surface area contributed by atoms with Crippen LogP contribution in [0.5, 0.6) is 5.75 Å². The van der Waals surface area contributed by atoms with Gasteiger partial charge in [0.2, 0.25) is 0 Å². The van der Waals surface area contributed by atoms with Gasteiger partial charge in [-0.25, -0.2) is 8.78 Å². The van der Waals surface area contributed by atoms with Gasteiger partial charge in [0.15, 0.2) is 0 Å². The lowest BCUT2D eigenvalue weighted by Gasteiger charge is -2.35. The topological polar surface area (TPSA) is 54.8 Å². The van der Waals surface area contributed by atoms with E-state index in [2.05, 4.69) is 6.92 Å². The van der Waals surface area contributed by atoms with Crippen LogP contribution in [0.2, 0.25) is 0 Å². The summed E-state index contributed by atoms with van der Waals surface area (Å²) in [5.41, 5.74) is 4.33. The minimum Gasteiger partial charge on any atom is -0.497 e. The number of carbonyl (C=O) groups is 2. The fourth-order valence-corrected chi connectivity index (χ4v) is 5.43. The molecule has 0 spiro atoms. The zero-order valence-corrected chi connectivity index (χ0v) is 24.2. The molecule has 1 aliphatic heterocycles. The molecular formula is C34H35F2N3O3. The maximum Gasteiger partial charge on any atom is 0.255 e. The second kappa shape index (κ2) is 12.6. The highest BCUT2D eigenvalue weighted by Crippen LogP contribution is 2.32. The van der Waals surface area contributed by atoms with E-state index in [1.807, 2.05) is 36.4 Å². The minimum absolute atomic E-state index is 0.0416. The molecule has 1 fully saturated rings. The highest BCUT2D eigenvalue weighted by Gasteiger charge is 2.29. The first-order chi connectivity index (χ1) is 20.3. The van der Waals surface area contributed by atoms with Crippen molar-refractivity contribution in [3.05, 3.63) is 107 Å². The second-order valence-electron chi connectivity index (χ2n) is 10.6. The Hall–Kier alpha value is -4.46. The van der Waals surface area contributed by atoms with Gasteiger partial charge < -0.3 is 19.1 Å². The van der Waals surface area contributed by atoms with Gasteiger partial charge in [0.1, 0.15) is 17.4 Å². The van der Waals surface area contributed by atoms with Crippen LogP contribution in [0.3, 0.4) is 0 Å². The molecule has 8 heteroatoms. The van der Waals surface area contributed by atoms with Crippen molar-refractivity contribution in [2.24, 2.45) is 0 Å². The molecule has 0 radical (unpaired) electrons. The number of aryl methyl sites for hydroxylation is 1. The van der Waals surface area contributed by atoms with Crippen molar-refractivity contribution in [1.82, 2.24) is 14.4 Å². The molecule has 0 bridgehead atoms. The van der Waals surface area contributed by atoms with Crippen molar-refractivity contribution in [3.8, 4) is 22.7 Å². The van der Waals surface area contributed by atoms with Gasteiger partial charge in [-0.2, -0.15) is 0 Å². The number of hydrogen-bond donors (Lipinski definition) is 0. The van der Waals surface area contributed by atoms with Gasteiger partial charge in [-0.1, -0.05) is 25.5 Å². The number of aromatic nitrogens is 1. The summed E-state index contributed by atoms with van der Waals surface area (Å²) < 4.78 is 35.7. The Kier molecular flexibility index (Phi) is 8.71. The molecule has 0 atom stereocenters. The van der Waals surface area contributed by atoms with E-state index in [0.29, 0.717) is 54.4 Å². The van der Waals surface area contributed by atoms with E-state index < -0.39 is 11.6 Å². The number of halogens is 2. The van der Waals surface area contributed by atoms with Crippen LogP contribution in [0.15, 0.2) is 72.8 Å². The van der Waals surface area contributed by atoms with E-state index in [1.54, 1.807) is 46.6 Å². The molecule has 5 rings (SSSR count). The average Bonchev–Trinajstić information content (AvgIpc) is 3.36. The Labute approximate surface area is 245 Å². The molecule has 6 nitrogen and oxygen atoms in total. The van der Waals surface area contributed by atoms with Gasteiger partial charge in [-0.3, -0.25) is 9.59 Å². The lowest BCUT2D eigenvalue weighted by Crippen LogP contribution is -2.50. The first kappa shape index (κ1) is 29.0. The van der Waals surface area contributed by atoms with Gasteiger partial charge in [-0.15, -0.1) is 0 Å². The Morgan fingerprint density at radius 1 is 0.833 bits per heavy atom. The van der Waals surface area contributed by atoms with Gasteiger partial charge in [-0.05, 0) is 85.5 Å². The Bertz CT molecular complexity index is 1570. The molecule has 218 valence electrons. The molecule has 1 saturated heterocycles. The molecule has 4 aromatic rings. The first-order valence-corrected chi connectivity index (χ1v) is 14.3. The van der Waals surface area contributed by atoms with Crippen molar-refractivity contribution in [2.45, 2.75) is 33.1 Å². The fraction of sp³-hybridized carbons (Fsp3) is 0.294. The molecule has 0 saturated carbocycles. The van der Waals surface area contributed by atoms with Crippen LogP contribution in [0.25, 0.3) is 16.9 Å². The molecule has 1 aromatic heterocycles. The summed E-state index contributed by atoms with van der Waals surface area (Å²) in [4.78, 5) is 30.4. The van der Waals surface area contributed by atoms with Crippen LogP contribution in [-0.4, -0.2) is 59.5 Å². The SMILES string of the molecule is CCCCc1ccc(C(=O)N2CCN(C(=O)c3cc(-c4ccc(OC)cc4)n(-c4ccc(F)cc4F)c3C)CC2)cc1. The van der Waals surface area contributed by atoms with E-state index in [-0.39, 0.29) is 17.5 Å². The van der Waals surface area contributed by atoms with E-state index in [4.69, 9.17) is 4.74 Å². The van der Waals surface area contributed by atoms with Crippen molar-refractivity contribution in [3.63, 3.8) is 0 Å². The van der Waals surface area contributed by atoms with Crippen molar-refractivity contribution in [2.75, 3.05) is 33.3 Å². The first-order valence-electron chi connectivity index (χ1n) is 14.3. The van der Waals surface area contributed by atoms with E-state index >= 15 is 4.39 Å². The summed E-state index contributed by atoms with van der Waals surface area (Å²) in [5.74, 6) is -0.982. The maximum atomic E-state index is 15.0. The quantitative estimate of drug-likeness (QED) is 0.237. The van der Waals surface area contributed by atoms with Gasteiger partial charge in [0.05, 0.1) is 24.1 Å². The third-order valence-electron chi connectivity index (χ3n) is 7.89. The average molecular weight is 572 g/mol. The zero-order chi connectivity index (χ0) is 29.8. The van der Waals surface area contributed by atoms with Crippen molar-refractivity contribution >= 4 is 11.8 Å². The summed E-state index contributed by atoms with van der Waals surface area (Å²) in [5, 5.41) is 0. The number of hydrogen-bond acceptors (Lipinski definition) is 3. The standard InChI is InChI=1S/C34H35F2N3O3/c1-4-5-6-24-7-9-26(10-8-24)33(40)37-17-19-38(20-18-37)34(41)29-22-32(25-11-14-28(42-3)15-12-25)39(23(29)2)31-16-13-27(35)21-30(31)36/h7-16,21-22H,4-6,17-20H2,1-3H3. The number of ether oxygens (including phenoxy) is 1. The number of nitrogens with zero attached hydrogens (tertiary/aromatic N) is 3. The monoisotopic (exact) mass is 571 g/mol. The Morgan fingerprint density at radius 3 is 2.07 bits per heavy atom. The van der Waals surface area contributed by atoms with Crippen molar-refractivity contribution < 1.29 is 23.1 Å². The Morgan fingerprint density at radius 2 is 1.48 bits per heavy atom. The predicted octanol–water partition coefficient (Wildman–Crippen LogP) is 6.68. The third kappa shape index (κ3) is 5.93. The number of methoxy groups -OCH3 is 1. The summed E-state index contributed by atoms with van der Waals surface area (Å²) in [6.07, 6.45) is 3.24. The molecule has 2 heterocycles. The van der Waals surface area contributed by atoms with E-state index in [9.17, 15) is 14.0 Å². The molecule has 3 aromatic carbocycles. The number of amides is 2. The summed E-state index contributed by atoms with van der Waals surface area (Å²) >= 11 is 0. The number of benzene rings is 3. The molecule has 0 N–H and O–H groups in total. The van der Waals surface area contributed by atoms with Crippen LogP contribution >= 0.6 is 0 Å². The zero-order valence-electron chi connectivity index (χ0n) is 24.2. The van der Waals surface area contributed by atoms with Gasteiger partial charge in [0, 0.05) is 43.5 Å². The lowest BCUT2D eigenvalue weighted by molar-refractivity contribution is 0.0535. The second-order valence-corrected chi connectivity index (χ2v) is 10.6. The van der Waals surface area contributed by atoms with Crippen LogP contribution in [0.1, 0.15) is 51.7 Å². The summed E-state index contributed by atoms with van der Waals surface area (Å²) in [6.45, 7) is 5.51. The smallest absolute Gasteiger partial charge is 0.255 e. The number of rotatable bonds is 8. The molecule has 0 aliphatic carbocycles. The molecule has 2 amide bonds. The minimum atomic E-state index is -0.729. The number of piperazine rings is 1. The van der Waals surface area contributed by atoms with Crippen LogP contribution in [0, 0.1) is 18.6 Å². The van der Waals surface area contributed by atoms with Crippen LogP contribution in [0.4, 0.5) is 8.78 Å². The highest BCUT2D eigenvalue weighted by molar-refractivity contribution is 5.98. The fourth-order valence-electron chi connectivity index (χ4n) is 5.43. The molecule has 0 unspecified atom stereocenters. The van der Waals surface area contributed by atoms with Gasteiger partial charge >= 0.3 is 0 Å². The predicted molar refractivity (Wildman–Crippen MR) is 159 cm³/mol. The van der Waals surface area contributed by atoms with Crippen LogP contribution in [-0.2, 0) is 6.42 Å². The van der Waals surface area contributed by atoms with Crippen LogP contribution < -0.4 is 4.74 Å². The highest BCUT2D eigenvalue weighted by atomic mass is 19.1. The summed E-state index contributed by atoms with van der Waals surface area (Å²) in [7, 11) is 1.57. The molecular weight excluding hydrogens is 536 g/mol. The van der Waals surface area contributed by atoms with Gasteiger partial charge in [0.25, 0.3) is 11.8 Å². The van der Waals surface area contributed by atoms with Crippen molar-refractivity contribution in [1.29, 1.82) is 0 Å². The van der Waals surface area contributed by atoms with E-state index in [1.165, 1.54) is 17.7 Å².